The number of aromatic nitrogens is 3. The molecule has 0 radical (unpaired) electrons. The van der Waals surface area contributed by atoms with E-state index in [9.17, 15) is 0 Å². The molecule has 3 aromatic rings. The molecule has 0 amide bonds. The Balaban J connectivity index is 1.29. The maximum atomic E-state index is 5.19. The zero-order chi connectivity index (χ0) is 18.5. The number of nitrogens with zero attached hydrogens (tertiary/aromatic N) is 5. The number of pyridine rings is 1. The minimum absolute atomic E-state index is 0.515. The van der Waals surface area contributed by atoms with Crippen molar-refractivity contribution in [1.29, 1.82) is 0 Å². The van der Waals surface area contributed by atoms with Crippen LogP contribution < -0.4 is 4.90 Å². The van der Waals surface area contributed by atoms with Crippen molar-refractivity contribution in [2.75, 3.05) is 37.6 Å². The third-order valence-corrected chi connectivity index (χ3v) is 4.69. The van der Waals surface area contributed by atoms with Crippen LogP contribution in [-0.2, 0) is 0 Å². The van der Waals surface area contributed by atoms with Gasteiger partial charge in [0, 0.05) is 38.9 Å². The molecule has 0 aliphatic carbocycles. The Hall–Kier alpha value is -2.99. The fraction of sp³-hybridized carbons (Fsp3) is 0.286. The van der Waals surface area contributed by atoms with Gasteiger partial charge in [0.1, 0.15) is 5.82 Å². The minimum Gasteiger partial charge on any atom is -0.354 e. The molecule has 4 rings (SSSR count). The number of hydrogen-bond donors (Lipinski definition) is 0. The predicted octanol–water partition coefficient (Wildman–Crippen LogP) is 3.28. The number of piperazine rings is 1. The fourth-order valence-corrected chi connectivity index (χ4v) is 3.18. The first-order chi connectivity index (χ1) is 13.3. The molecule has 1 saturated heterocycles. The lowest BCUT2D eigenvalue weighted by Crippen LogP contribution is -2.46. The van der Waals surface area contributed by atoms with E-state index in [0.29, 0.717) is 11.7 Å². The number of benzene rings is 1. The summed E-state index contributed by atoms with van der Waals surface area (Å²) >= 11 is 0. The van der Waals surface area contributed by atoms with E-state index in [2.05, 4.69) is 61.3 Å². The lowest BCUT2D eigenvalue weighted by atomic mass is 10.2. The Morgan fingerprint density at radius 1 is 1.04 bits per heavy atom. The van der Waals surface area contributed by atoms with Crippen molar-refractivity contribution in [3.63, 3.8) is 0 Å². The number of aryl methyl sites for hydroxylation is 1. The molecular weight excluding hydrogens is 338 g/mol. The van der Waals surface area contributed by atoms with Crippen LogP contribution in [0.3, 0.4) is 0 Å². The predicted molar refractivity (Wildman–Crippen MR) is 106 cm³/mol. The normalized spacial score (nSPS) is 15.5. The van der Waals surface area contributed by atoms with Gasteiger partial charge in [-0.25, -0.2) is 4.98 Å². The number of rotatable bonds is 5. The SMILES string of the molecule is Cc1noc(-c2ccc(N3CCN(C/C=C/c4ccccc4)CC3)nc2)n1. The topological polar surface area (TPSA) is 58.3 Å². The molecule has 0 N–H and O–H groups in total. The summed E-state index contributed by atoms with van der Waals surface area (Å²) in [7, 11) is 0. The van der Waals surface area contributed by atoms with Gasteiger partial charge in [0.2, 0.25) is 0 Å². The third kappa shape index (κ3) is 4.41. The number of anilines is 1. The van der Waals surface area contributed by atoms with Crippen molar-refractivity contribution in [1.82, 2.24) is 20.0 Å². The molecule has 138 valence electrons. The van der Waals surface area contributed by atoms with Crippen LogP contribution in [0.1, 0.15) is 11.4 Å². The molecule has 6 heteroatoms. The first-order valence-corrected chi connectivity index (χ1v) is 9.23. The van der Waals surface area contributed by atoms with Crippen LogP contribution in [0.2, 0.25) is 0 Å². The molecule has 0 atom stereocenters. The van der Waals surface area contributed by atoms with E-state index >= 15 is 0 Å². The Morgan fingerprint density at radius 2 is 1.85 bits per heavy atom. The summed E-state index contributed by atoms with van der Waals surface area (Å²) in [5.41, 5.74) is 2.10. The van der Waals surface area contributed by atoms with Gasteiger partial charge in [-0.15, -0.1) is 0 Å². The summed E-state index contributed by atoms with van der Waals surface area (Å²) < 4.78 is 5.19. The summed E-state index contributed by atoms with van der Waals surface area (Å²) in [6.07, 6.45) is 6.23. The maximum absolute atomic E-state index is 5.19. The Morgan fingerprint density at radius 3 is 2.52 bits per heavy atom. The van der Waals surface area contributed by atoms with Gasteiger partial charge in [-0.2, -0.15) is 4.98 Å². The van der Waals surface area contributed by atoms with Gasteiger partial charge >= 0.3 is 0 Å². The average molecular weight is 361 g/mol. The van der Waals surface area contributed by atoms with E-state index in [1.165, 1.54) is 5.56 Å². The molecule has 0 saturated carbocycles. The highest BCUT2D eigenvalue weighted by atomic mass is 16.5. The fourth-order valence-electron chi connectivity index (χ4n) is 3.18. The molecule has 1 fully saturated rings. The van der Waals surface area contributed by atoms with E-state index in [-0.39, 0.29) is 0 Å². The van der Waals surface area contributed by atoms with Gasteiger partial charge in [-0.1, -0.05) is 47.6 Å². The summed E-state index contributed by atoms with van der Waals surface area (Å²) in [6.45, 7) is 6.81. The molecule has 2 aromatic heterocycles. The lowest BCUT2D eigenvalue weighted by molar-refractivity contribution is 0.283. The van der Waals surface area contributed by atoms with Crippen molar-refractivity contribution in [2.45, 2.75) is 6.92 Å². The third-order valence-electron chi connectivity index (χ3n) is 4.69. The molecule has 27 heavy (non-hydrogen) atoms. The van der Waals surface area contributed by atoms with E-state index in [0.717, 1.165) is 44.1 Å². The standard InChI is InChI=1S/C21H23N5O/c1-17-23-21(27-24-17)19-9-10-20(22-16-19)26-14-12-25(13-15-26)11-5-8-18-6-3-2-4-7-18/h2-10,16H,11-15H2,1H3/b8-5+. The van der Waals surface area contributed by atoms with Crippen LogP contribution in [0, 0.1) is 6.92 Å². The van der Waals surface area contributed by atoms with Crippen LogP contribution in [0.4, 0.5) is 5.82 Å². The van der Waals surface area contributed by atoms with Crippen molar-refractivity contribution in [3.8, 4) is 11.5 Å². The van der Waals surface area contributed by atoms with Crippen molar-refractivity contribution < 1.29 is 4.52 Å². The van der Waals surface area contributed by atoms with Gasteiger partial charge in [0.15, 0.2) is 5.82 Å². The van der Waals surface area contributed by atoms with Crippen LogP contribution >= 0.6 is 0 Å². The van der Waals surface area contributed by atoms with E-state index in [1.54, 1.807) is 6.20 Å². The second-order valence-corrected chi connectivity index (χ2v) is 6.65. The summed E-state index contributed by atoms with van der Waals surface area (Å²) in [5, 5.41) is 3.82. The van der Waals surface area contributed by atoms with E-state index in [4.69, 9.17) is 4.52 Å². The van der Waals surface area contributed by atoms with Gasteiger partial charge < -0.3 is 9.42 Å². The quantitative estimate of drug-likeness (QED) is 0.695. The van der Waals surface area contributed by atoms with E-state index in [1.807, 2.05) is 25.1 Å². The minimum atomic E-state index is 0.515. The zero-order valence-electron chi connectivity index (χ0n) is 15.5. The molecule has 3 heterocycles. The molecule has 1 aromatic carbocycles. The molecule has 0 unspecified atom stereocenters. The van der Waals surface area contributed by atoms with Gasteiger partial charge in [0.05, 0.1) is 5.56 Å². The summed E-state index contributed by atoms with van der Waals surface area (Å²) in [5.74, 6) is 2.14. The Labute approximate surface area is 159 Å². The highest BCUT2D eigenvalue weighted by molar-refractivity contribution is 5.54. The lowest BCUT2D eigenvalue weighted by Gasteiger charge is -2.34. The molecule has 1 aliphatic rings. The molecule has 6 nitrogen and oxygen atoms in total. The monoisotopic (exact) mass is 361 g/mol. The Kier molecular flexibility index (Phi) is 5.25. The van der Waals surface area contributed by atoms with E-state index < -0.39 is 0 Å². The first kappa shape index (κ1) is 17.4. The van der Waals surface area contributed by atoms with Gasteiger partial charge in [-0.3, -0.25) is 4.90 Å². The van der Waals surface area contributed by atoms with Crippen molar-refractivity contribution in [2.24, 2.45) is 0 Å². The Bertz CT molecular complexity index is 880. The highest BCUT2D eigenvalue weighted by Crippen LogP contribution is 2.20. The van der Waals surface area contributed by atoms with Gasteiger partial charge in [-0.05, 0) is 24.6 Å². The first-order valence-electron chi connectivity index (χ1n) is 9.23. The molecule has 1 aliphatic heterocycles. The van der Waals surface area contributed by atoms with Crippen molar-refractivity contribution in [3.05, 3.63) is 66.1 Å². The molecule has 0 spiro atoms. The smallest absolute Gasteiger partial charge is 0.259 e. The highest BCUT2D eigenvalue weighted by Gasteiger charge is 2.17. The van der Waals surface area contributed by atoms with Gasteiger partial charge in [0.25, 0.3) is 5.89 Å². The van der Waals surface area contributed by atoms with Crippen LogP contribution in [-0.4, -0.2) is 52.7 Å². The van der Waals surface area contributed by atoms with Crippen LogP contribution in [0.15, 0.2) is 59.3 Å². The maximum Gasteiger partial charge on any atom is 0.259 e. The van der Waals surface area contributed by atoms with Crippen LogP contribution in [0.5, 0.6) is 0 Å². The summed E-state index contributed by atoms with van der Waals surface area (Å²) in [4.78, 5) is 13.6. The van der Waals surface area contributed by atoms with Crippen molar-refractivity contribution >= 4 is 11.9 Å². The second kappa shape index (κ2) is 8.14. The second-order valence-electron chi connectivity index (χ2n) is 6.65. The zero-order valence-corrected chi connectivity index (χ0v) is 15.5. The number of hydrogen-bond acceptors (Lipinski definition) is 6. The molecular formula is C21H23N5O. The average Bonchev–Trinajstić information content (AvgIpc) is 3.16. The van der Waals surface area contributed by atoms with Crippen LogP contribution in [0.25, 0.3) is 17.5 Å². The largest absolute Gasteiger partial charge is 0.354 e. The summed E-state index contributed by atoms with van der Waals surface area (Å²) in [6, 6.07) is 14.4. The molecule has 0 bridgehead atoms.